The smallest absolute Gasteiger partial charge is 0.411 e. The number of amides is 3. The average Bonchev–Trinajstić information content (AvgIpc) is 3.01. The Labute approximate surface area is 263 Å². The molecule has 1 radical (unpaired) electrons. The van der Waals surface area contributed by atoms with Gasteiger partial charge in [0.15, 0.2) is 0 Å². The number of nitrogens with one attached hydrogen (secondary N) is 1. The van der Waals surface area contributed by atoms with Crippen LogP contribution in [0.4, 0.5) is 10.5 Å². The van der Waals surface area contributed by atoms with Crippen molar-refractivity contribution in [2.75, 3.05) is 19.6 Å². The number of nitro benzene ring substituents is 1. The molecule has 10 nitrogen and oxygen atoms in total. The summed E-state index contributed by atoms with van der Waals surface area (Å²) in [7, 11) is 0. The van der Waals surface area contributed by atoms with Crippen LogP contribution < -0.4 is 5.32 Å². The molecule has 1 saturated heterocycles. The third kappa shape index (κ3) is 8.35. The lowest BCUT2D eigenvalue weighted by atomic mass is 9.89. The number of hydrogen-bond acceptors (Lipinski definition) is 6. The van der Waals surface area contributed by atoms with Gasteiger partial charge in [0.25, 0.3) is 5.69 Å². The summed E-state index contributed by atoms with van der Waals surface area (Å²) in [6.07, 6.45) is 2.27. The van der Waals surface area contributed by atoms with Crippen molar-refractivity contribution in [2.45, 2.75) is 58.7 Å². The van der Waals surface area contributed by atoms with Gasteiger partial charge in [0, 0.05) is 25.7 Å². The van der Waals surface area contributed by atoms with E-state index in [4.69, 9.17) is 4.74 Å². The van der Waals surface area contributed by atoms with E-state index in [-0.39, 0.29) is 37.8 Å². The van der Waals surface area contributed by atoms with Crippen LogP contribution in [0.15, 0.2) is 72.8 Å². The fourth-order valence-corrected chi connectivity index (χ4v) is 5.21. The molecule has 1 aliphatic rings. The first-order chi connectivity index (χ1) is 21.4. The Morgan fingerprint density at radius 3 is 2.42 bits per heavy atom. The maximum atomic E-state index is 13.5. The highest BCUT2D eigenvalue weighted by molar-refractivity contribution is 5.95. The van der Waals surface area contributed by atoms with Gasteiger partial charge < -0.3 is 15.0 Å². The van der Waals surface area contributed by atoms with Gasteiger partial charge in [-0.15, -0.1) is 0 Å². The van der Waals surface area contributed by atoms with Gasteiger partial charge in [0.1, 0.15) is 11.6 Å². The second-order valence-corrected chi connectivity index (χ2v) is 12.2. The molecule has 0 spiro atoms. The zero-order chi connectivity index (χ0) is 32.7. The third-order valence-electron chi connectivity index (χ3n) is 7.38. The van der Waals surface area contributed by atoms with Gasteiger partial charge in [-0.3, -0.25) is 24.6 Å². The first kappa shape index (κ1) is 32.9. The number of nitrogens with zero attached hydrogens (tertiary/aromatic N) is 3. The van der Waals surface area contributed by atoms with Gasteiger partial charge in [-0.1, -0.05) is 74.5 Å². The number of benzene rings is 3. The molecule has 0 saturated carbocycles. The van der Waals surface area contributed by atoms with E-state index in [1.165, 1.54) is 21.9 Å². The Kier molecular flexibility index (Phi) is 10.4. The van der Waals surface area contributed by atoms with E-state index < -0.39 is 34.5 Å². The summed E-state index contributed by atoms with van der Waals surface area (Å²) in [5.74, 6) is -0.697. The fraction of sp³-hybridized carbons (Fsp3) is 0.343. The van der Waals surface area contributed by atoms with Crippen molar-refractivity contribution in [3.8, 4) is 11.1 Å². The van der Waals surface area contributed by atoms with E-state index in [9.17, 15) is 24.5 Å². The summed E-state index contributed by atoms with van der Waals surface area (Å²) in [6.45, 7) is 9.76. The minimum absolute atomic E-state index is 0.0468. The molecule has 0 aromatic heterocycles. The molecule has 1 N–H and O–H groups in total. The number of carbonyl (C=O) groups excluding carboxylic acids is 3. The summed E-state index contributed by atoms with van der Waals surface area (Å²) in [6, 6.07) is 21.8. The number of piperazine rings is 1. The quantitative estimate of drug-likeness (QED) is 0.191. The van der Waals surface area contributed by atoms with Crippen LogP contribution in [0.3, 0.4) is 0 Å². The Morgan fingerprint density at radius 2 is 1.76 bits per heavy atom. The first-order valence-corrected chi connectivity index (χ1v) is 14.9. The van der Waals surface area contributed by atoms with E-state index in [0.717, 1.165) is 11.1 Å². The van der Waals surface area contributed by atoms with Crippen LogP contribution in [0.2, 0.25) is 0 Å². The molecule has 3 aromatic rings. The molecule has 235 valence electrons. The van der Waals surface area contributed by atoms with Crippen LogP contribution in [0.25, 0.3) is 17.2 Å². The third-order valence-corrected chi connectivity index (χ3v) is 7.38. The highest BCUT2D eigenvalue weighted by Gasteiger charge is 2.38. The molecular weight excluding hydrogens is 572 g/mol. The Bertz CT molecular complexity index is 1580. The van der Waals surface area contributed by atoms with Crippen LogP contribution >= 0.6 is 0 Å². The monoisotopic (exact) mass is 611 g/mol. The minimum atomic E-state index is -0.976. The molecule has 3 amide bonds. The zero-order valence-corrected chi connectivity index (χ0v) is 26.3. The van der Waals surface area contributed by atoms with Crippen molar-refractivity contribution in [1.29, 1.82) is 0 Å². The molecule has 4 rings (SSSR count). The predicted molar refractivity (Wildman–Crippen MR) is 172 cm³/mol. The molecule has 1 heterocycles. The van der Waals surface area contributed by atoms with Crippen LogP contribution in [0.5, 0.6) is 0 Å². The topological polar surface area (TPSA) is 122 Å². The summed E-state index contributed by atoms with van der Waals surface area (Å²) >= 11 is 0. The van der Waals surface area contributed by atoms with Gasteiger partial charge in [-0.2, -0.15) is 0 Å². The van der Waals surface area contributed by atoms with E-state index >= 15 is 0 Å². The number of carbonyl (C=O) groups is 3. The van der Waals surface area contributed by atoms with Gasteiger partial charge in [0.2, 0.25) is 11.8 Å². The Hall–Kier alpha value is -4.99. The molecule has 0 aliphatic carbocycles. The predicted octanol–water partition coefficient (Wildman–Crippen LogP) is 5.96. The van der Waals surface area contributed by atoms with Crippen LogP contribution in [-0.2, 0) is 20.9 Å². The lowest BCUT2D eigenvalue weighted by Gasteiger charge is -2.40. The van der Waals surface area contributed by atoms with Crippen molar-refractivity contribution in [2.24, 2.45) is 0 Å². The van der Waals surface area contributed by atoms with E-state index in [1.807, 2.05) is 68.4 Å². The number of nitro groups is 1. The zero-order valence-electron chi connectivity index (χ0n) is 26.3. The van der Waals surface area contributed by atoms with Crippen LogP contribution in [0, 0.1) is 16.2 Å². The van der Waals surface area contributed by atoms with E-state index in [1.54, 1.807) is 32.9 Å². The normalized spacial score (nSPS) is 15.3. The summed E-state index contributed by atoms with van der Waals surface area (Å²) in [5, 5.41) is 14.9. The molecule has 45 heavy (non-hydrogen) atoms. The molecule has 1 unspecified atom stereocenters. The molecule has 0 bridgehead atoms. The van der Waals surface area contributed by atoms with Crippen LogP contribution in [0.1, 0.15) is 57.2 Å². The van der Waals surface area contributed by atoms with Crippen LogP contribution in [-0.4, -0.2) is 63.9 Å². The van der Waals surface area contributed by atoms with E-state index in [2.05, 4.69) is 11.4 Å². The minimum Gasteiger partial charge on any atom is -0.444 e. The van der Waals surface area contributed by atoms with E-state index in [0.29, 0.717) is 16.7 Å². The Morgan fingerprint density at radius 1 is 1.07 bits per heavy atom. The molecule has 1 aliphatic heterocycles. The molecule has 1 atom stereocenters. The maximum Gasteiger partial charge on any atom is 0.411 e. The van der Waals surface area contributed by atoms with Gasteiger partial charge >= 0.3 is 6.09 Å². The second kappa shape index (κ2) is 14.2. The van der Waals surface area contributed by atoms with Gasteiger partial charge in [-0.25, -0.2) is 4.79 Å². The standard InChI is InChI=1S/C35H39N4O6/c1-24(2)27-15-9-10-16-28(27)32-26(14-11-17-29(32)39(43)44)18-19-31(40)37-20-21-38(34(42)45-35(3,4)5)30(23-37)33(41)36-22-25-12-7-6-8-13-25/h6-16,18-19,24,30H,20-23H2,1-5H3,(H,36,41)/b19-18+. The van der Waals surface area contributed by atoms with Gasteiger partial charge in [-0.05, 0) is 61.1 Å². The lowest BCUT2D eigenvalue weighted by Crippen LogP contribution is -2.61. The SMILES string of the molecule is CC(C)c1ccccc1-c1c([N+](=O)[O-])[c]ccc1/C=C/C(=O)N1CCN(C(=O)OC(C)(C)C)C(C(=O)NCc2ccccc2)C1. The first-order valence-electron chi connectivity index (χ1n) is 14.9. The van der Waals surface area contributed by atoms with Crippen molar-refractivity contribution >= 4 is 29.7 Å². The number of ether oxygens (including phenoxy) is 1. The summed E-state index contributed by atoms with van der Waals surface area (Å²) in [4.78, 5) is 54.4. The van der Waals surface area contributed by atoms with Gasteiger partial charge in [0.05, 0.1) is 23.1 Å². The van der Waals surface area contributed by atoms with Crippen molar-refractivity contribution < 1.29 is 24.0 Å². The lowest BCUT2D eigenvalue weighted by molar-refractivity contribution is -0.384. The van der Waals surface area contributed by atoms with Crippen molar-refractivity contribution in [1.82, 2.24) is 15.1 Å². The number of rotatable bonds is 8. The molecule has 10 heteroatoms. The molecule has 1 fully saturated rings. The maximum absolute atomic E-state index is 13.5. The second-order valence-electron chi connectivity index (χ2n) is 12.2. The summed E-state index contributed by atoms with van der Waals surface area (Å²) in [5.41, 5.74) is 2.45. The molecule has 3 aromatic carbocycles. The fourth-order valence-electron chi connectivity index (χ4n) is 5.21. The average molecular weight is 612 g/mol. The highest BCUT2D eigenvalue weighted by atomic mass is 16.6. The number of hydrogen-bond donors (Lipinski definition) is 1. The Balaban J connectivity index is 1.60. The largest absolute Gasteiger partial charge is 0.444 e. The van der Waals surface area contributed by atoms with Crippen molar-refractivity contribution in [3.05, 3.63) is 106 Å². The molecular formula is C35H39N4O6. The summed E-state index contributed by atoms with van der Waals surface area (Å²) < 4.78 is 5.57. The highest BCUT2D eigenvalue weighted by Crippen LogP contribution is 2.38. The van der Waals surface area contributed by atoms with Crippen molar-refractivity contribution in [3.63, 3.8) is 0 Å².